The second kappa shape index (κ2) is 12.9. The van der Waals surface area contributed by atoms with Crippen LogP contribution in [0, 0.1) is 0 Å². The lowest BCUT2D eigenvalue weighted by Gasteiger charge is -2.22. The topological polar surface area (TPSA) is 72.9 Å². The molecule has 0 spiro atoms. The highest BCUT2D eigenvalue weighted by atomic mass is 16.5. The maximum atomic E-state index is 13.2. The molecular formula is C29H29NO5. The lowest BCUT2D eigenvalue weighted by atomic mass is 10.1. The summed E-state index contributed by atoms with van der Waals surface area (Å²) in [5.74, 6) is -1.14. The number of rotatable bonds is 10. The van der Waals surface area contributed by atoms with Gasteiger partial charge in [0.1, 0.15) is 13.2 Å². The van der Waals surface area contributed by atoms with Crippen molar-refractivity contribution in [2.24, 2.45) is 0 Å². The number of nitrogens with zero attached hydrogens (tertiary/aromatic N) is 1. The molecule has 0 N–H and O–H groups in total. The highest BCUT2D eigenvalue weighted by molar-refractivity contribution is 5.98. The molecule has 6 nitrogen and oxygen atoms in total. The van der Waals surface area contributed by atoms with Crippen molar-refractivity contribution in [1.82, 2.24) is 4.90 Å². The summed E-state index contributed by atoms with van der Waals surface area (Å²) in [4.78, 5) is 39.1. The quantitative estimate of drug-likeness (QED) is 0.306. The van der Waals surface area contributed by atoms with Crippen molar-refractivity contribution in [2.45, 2.75) is 27.0 Å². The summed E-state index contributed by atoms with van der Waals surface area (Å²) in [7, 11) is 0. The van der Waals surface area contributed by atoms with E-state index in [2.05, 4.69) is 0 Å². The number of carbonyl (C=O) groups is 3. The van der Waals surface area contributed by atoms with Gasteiger partial charge in [0.05, 0.1) is 12.2 Å². The van der Waals surface area contributed by atoms with Crippen molar-refractivity contribution < 1.29 is 23.9 Å². The van der Waals surface area contributed by atoms with Gasteiger partial charge in [-0.1, -0.05) is 72.8 Å². The Balaban J connectivity index is 1.67. The lowest BCUT2D eigenvalue weighted by molar-refractivity contribution is -0.148. The standard InChI is InChI=1S/C29H29NO5/c1-3-34-27(31)20-30(19-24-10-6-4-7-11-24)28(32)22(2)18-23-14-16-26(17-15-23)29(33)35-21-25-12-8-5-9-13-25/h4-18H,3,19-21H2,1-2H3. The number of ether oxygens (including phenoxy) is 2. The van der Waals surface area contributed by atoms with Gasteiger partial charge in [0.2, 0.25) is 5.91 Å². The predicted molar refractivity (Wildman–Crippen MR) is 134 cm³/mol. The van der Waals surface area contributed by atoms with E-state index >= 15 is 0 Å². The molecule has 3 aromatic carbocycles. The summed E-state index contributed by atoms with van der Waals surface area (Å²) in [5.41, 5.74) is 3.47. The first-order valence-electron chi connectivity index (χ1n) is 11.4. The maximum absolute atomic E-state index is 13.2. The Morgan fingerprint density at radius 3 is 2.00 bits per heavy atom. The van der Waals surface area contributed by atoms with Gasteiger partial charge in [-0.15, -0.1) is 0 Å². The molecule has 0 heterocycles. The fraction of sp³-hybridized carbons (Fsp3) is 0.207. The van der Waals surface area contributed by atoms with Gasteiger partial charge in [0.25, 0.3) is 0 Å². The zero-order valence-corrected chi connectivity index (χ0v) is 20.0. The third kappa shape index (κ3) is 7.96. The lowest BCUT2D eigenvalue weighted by Crippen LogP contribution is -2.36. The Labute approximate surface area is 205 Å². The van der Waals surface area contributed by atoms with Crippen molar-refractivity contribution in [1.29, 1.82) is 0 Å². The fourth-order valence-electron chi connectivity index (χ4n) is 3.45. The van der Waals surface area contributed by atoms with Crippen molar-refractivity contribution >= 4 is 23.9 Å². The molecule has 35 heavy (non-hydrogen) atoms. The highest BCUT2D eigenvalue weighted by Gasteiger charge is 2.20. The fourth-order valence-corrected chi connectivity index (χ4v) is 3.45. The molecule has 0 bridgehead atoms. The SMILES string of the molecule is CCOC(=O)CN(Cc1ccccc1)C(=O)C(C)=Cc1ccc(C(=O)OCc2ccccc2)cc1. The third-order valence-electron chi connectivity index (χ3n) is 5.21. The van der Waals surface area contributed by atoms with E-state index in [1.807, 2.05) is 60.7 Å². The van der Waals surface area contributed by atoms with E-state index in [4.69, 9.17) is 9.47 Å². The number of esters is 2. The van der Waals surface area contributed by atoms with E-state index in [9.17, 15) is 14.4 Å². The number of hydrogen-bond donors (Lipinski definition) is 0. The molecule has 0 atom stereocenters. The van der Waals surface area contributed by atoms with Crippen LogP contribution < -0.4 is 0 Å². The van der Waals surface area contributed by atoms with Gasteiger partial charge < -0.3 is 14.4 Å². The first kappa shape index (κ1) is 25.4. The molecule has 6 heteroatoms. The monoisotopic (exact) mass is 471 g/mol. The Bertz CT molecular complexity index is 1150. The average molecular weight is 472 g/mol. The molecule has 0 aliphatic rings. The van der Waals surface area contributed by atoms with Gasteiger partial charge in [-0.3, -0.25) is 9.59 Å². The Hall–Kier alpha value is -4.19. The molecule has 3 aromatic rings. The van der Waals surface area contributed by atoms with E-state index in [1.54, 1.807) is 44.2 Å². The molecule has 180 valence electrons. The summed E-state index contributed by atoms with van der Waals surface area (Å²) < 4.78 is 10.4. The van der Waals surface area contributed by atoms with Crippen molar-refractivity contribution in [3.05, 3.63) is 113 Å². The molecule has 3 rings (SSSR count). The van der Waals surface area contributed by atoms with E-state index in [-0.39, 0.29) is 32.2 Å². The normalized spacial score (nSPS) is 11.0. The third-order valence-corrected chi connectivity index (χ3v) is 5.21. The van der Waals surface area contributed by atoms with Gasteiger partial charge in [-0.25, -0.2) is 4.79 Å². The van der Waals surface area contributed by atoms with Crippen molar-refractivity contribution in [2.75, 3.05) is 13.2 Å². The second-order valence-electron chi connectivity index (χ2n) is 7.96. The summed E-state index contributed by atoms with van der Waals surface area (Å²) in [6.07, 6.45) is 1.73. The maximum Gasteiger partial charge on any atom is 0.338 e. The van der Waals surface area contributed by atoms with Crippen LogP contribution in [-0.2, 0) is 32.2 Å². The molecule has 0 unspecified atom stereocenters. The van der Waals surface area contributed by atoms with E-state index in [1.165, 1.54) is 4.90 Å². The largest absolute Gasteiger partial charge is 0.465 e. The van der Waals surface area contributed by atoms with E-state index < -0.39 is 11.9 Å². The molecule has 0 aliphatic heterocycles. The smallest absolute Gasteiger partial charge is 0.338 e. The van der Waals surface area contributed by atoms with Crippen molar-refractivity contribution in [3.8, 4) is 0 Å². The van der Waals surface area contributed by atoms with Crippen LogP contribution in [-0.4, -0.2) is 35.9 Å². The van der Waals surface area contributed by atoms with E-state index in [0.29, 0.717) is 11.1 Å². The number of benzene rings is 3. The van der Waals surface area contributed by atoms with Gasteiger partial charge >= 0.3 is 11.9 Å². The number of amides is 1. The highest BCUT2D eigenvalue weighted by Crippen LogP contribution is 2.15. The number of hydrogen-bond acceptors (Lipinski definition) is 5. The van der Waals surface area contributed by atoms with Crippen LogP contribution in [0.5, 0.6) is 0 Å². The Morgan fingerprint density at radius 1 is 0.800 bits per heavy atom. The van der Waals surface area contributed by atoms with Crippen LogP contribution in [0.4, 0.5) is 0 Å². The first-order valence-corrected chi connectivity index (χ1v) is 11.4. The minimum absolute atomic E-state index is 0.140. The van der Waals surface area contributed by atoms with Crippen molar-refractivity contribution in [3.63, 3.8) is 0 Å². The molecular weight excluding hydrogens is 442 g/mol. The summed E-state index contributed by atoms with van der Waals surface area (Å²) in [5, 5.41) is 0. The minimum Gasteiger partial charge on any atom is -0.465 e. The van der Waals surface area contributed by atoms with Crippen LogP contribution in [0.25, 0.3) is 6.08 Å². The summed E-state index contributed by atoms with van der Waals surface area (Å²) >= 11 is 0. The Morgan fingerprint density at radius 2 is 1.40 bits per heavy atom. The Kier molecular flexibility index (Phi) is 9.37. The first-order chi connectivity index (χ1) is 17.0. The zero-order valence-electron chi connectivity index (χ0n) is 20.0. The molecule has 0 saturated heterocycles. The summed E-state index contributed by atoms with van der Waals surface area (Å²) in [6, 6.07) is 25.8. The van der Waals surface area contributed by atoms with Gasteiger partial charge in [-0.2, -0.15) is 0 Å². The van der Waals surface area contributed by atoms with E-state index in [0.717, 1.165) is 16.7 Å². The van der Waals surface area contributed by atoms with Crippen LogP contribution in [0.1, 0.15) is 40.9 Å². The van der Waals surface area contributed by atoms with Crippen LogP contribution in [0.2, 0.25) is 0 Å². The van der Waals surface area contributed by atoms with Gasteiger partial charge in [-0.05, 0) is 48.7 Å². The summed E-state index contributed by atoms with van der Waals surface area (Å²) in [6.45, 7) is 4.03. The molecule has 0 radical (unpaired) electrons. The second-order valence-corrected chi connectivity index (χ2v) is 7.96. The molecule has 0 aliphatic carbocycles. The van der Waals surface area contributed by atoms with Crippen LogP contribution in [0.3, 0.4) is 0 Å². The molecule has 0 fully saturated rings. The van der Waals surface area contributed by atoms with Crippen LogP contribution >= 0.6 is 0 Å². The minimum atomic E-state index is -0.456. The average Bonchev–Trinajstić information content (AvgIpc) is 2.88. The molecule has 1 amide bonds. The van der Waals surface area contributed by atoms with Gasteiger partial charge in [0, 0.05) is 12.1 Å². The zero-order chi connectivity index (χ0) is 25.0. The van der Waals surface area contributed by atoms with Gasteiger partial charge in [0.15, 0.2) is 0 Å². The molecule has 0 saturated carbocycles. The molecule has 0 aromatic heterocycles. The number of carbonyl (C=O) groups excluding carboxylic acids is 3. The van der Waals surface area contributed by atoms with Crippen LogP contribution in [0.15, 0.2) is 90.5 Å². The predicted octanol–water partition coefficient (Wildman–Crippen LogP) is 5.04.